The molecule has 3 nitrogen and oxygen atoms in total. The third-order valence-electron chi connectivity index (χ3n) is 1.99. The van der Waals surface area contributed by atoms with Crippen LogP contribution in [0, 0.1) is 0 Å². The van der Waals surface area contributed by atoms with Gasteiger partial charge in [0.05, 0.1) is 11.1 Å². The van der Waals surface area contributed by atoms with E-state index >= 15 is 0 Å². The van der Waals surface area contributed by atoms with Crippen molar-refractivity contribution < 1.29 is 4.79 Å². The number of carbonyl (C=O) groups excluding carboxylic acids is 1. The monoisotopic (exact) mass is 264 g/mol. The molecule has 1 N–H and O–H groups in total. The van der Waals surface area contributed by atoms with Crippen LogP contribution in [0.1, 0.15) is 15.2 Å². The Hall–Kier alpha value is -1.65. The van der Waals surface area contributed by atoms with Crippen molar-refractivity contribution in [2.45, 2.75) is 0 Å². The van der Waals surface area contributed by atoms with Crippen molar-refractivity contribution in [3.63, 3.8) is 0 Å². The fourth-order valence-corrected chi connectivity index (χ4v) is 1.92. The van der Waals surface area contributed by atoms with E-state index < -0.39 is 0 Å². The summed E-state index contributed by atoms with van der Waals surface area (Å²) in [5, 5.41) is 6.38. The number of amides is 1. The molecule has 0 aliphatic rings. The lowest BCUT2D eigenvalue weighted by Crippen LogP contribution is -2.16. The summed E-state index contributed by atoms with van der Waals surface area (Å²) in [6.45, 7) is 0. The van der Waals surface area contributed by atoms with Gasteiger partial charge in [0.15, 0.2) is 0 Å². The molecular formula is C12H9ClN2OS. The molecule has 1 heterocycles. The van der Waals surface area contributed by atoms with Crippen molar-refractivity contribution in [1.82, 2.24) is 5.43 Å². The first-order valence-corrected chi connectivity index (χ1v) is 6.14. The van der Waals surface area contributed by atoms with E-state index in [-0.39, 0.29) is 5.91 Å². The van der Waals surface area contributed by atoms with Gasteiger partial charge in [-0.3, -0.25) is 4.79 Å². The lowest BCUT2D eigenvalue weighted by Gasteiger charge is -1.96. The molecule has 0 saturated carbocycles. The Labute approximate surface area is 108 Å². The van der Waals surface area contributed by atoms with Crippen LogP contribution in [0.2, 0.25) is 5.02 Å². The molecule has 0 spiro atoms. The zero-order valence-electron chi connectivity index (χ0n) is 8.76. The topological polar surface area (TPSA) is 41.5 Å². The standard InChI is InChI=1S/C12H9ClN2OS/c13-10-5-3-9(4-6-10)8-14-15-12(16)11-2-1-7-17-11/h1-8H,(H,15,16)/b14-8+. The SMILES string of the molecule is O=C(N/N=C/c1ccc(Cl)cc1)c1cccs1. The summed E-state index contributed by atoms with van der Waals surface area (Å²) < 4.78 is 0. The molecule has 0 atom stereocenters. The van der Waals surface area contributed by atoms with Crippen molar-refractivity contribution in [2.24, 2.45) is 5.10 Å². The van der Waals surface area contributed by atoms with Gasteiger partial charge < -0.3 is 0 Å². The van der Waals surface area contributed by atoms with Crippen LogP contribution in [0.15, 0.2) is 46.9 Å². The van der Waals surface area contributed by atoms with E-state index in [4.69, 9.17) is 11.6 Å². The minimum Gasteiger partial charge on any atom is -0.266 e. The number of hydrogen-bond acceptors (Lipinski definition) is 3. The van der Waals surface area contributed by atoms with Gasteiger partial charge in [0.2, 0.25) is 0 Å². The Kier molecular flexibility index (Phi) is 3.90. The average molecular weight is 265 g/mol. The first kappa shape index (κ1) is 11.8. The van der Waals surface area contributed by atoms with Crippen LogP contribution in [-0.2, 0) is 0 Å². The van der Waals surface area contributed by atoms with Gasteiger partial charge in [-0.05, 0) is 29.1 Å². The molecule has 0 radical (unpaired) electrons. The van der Waals surface area contributed by atoms with Crippen LogP contribution < -0.4 is 5.43 Å². The average Bonchev–Trinajstić information content (AvgIpc) is 2.85. The second-order valence-corrected chi connectivity index (χ2v) is 4.61. The first-order valence-electron chi connectivity index (χ1n) is 4.88. The van der Waals surface area contributed by atoms with Crippen LogP contribution in [0.3, 0.4) is 0 Å². The summed E-state index contributed by atoms with van der Waals surface area (Å²) in [4.78, 5) is 12.2. The Balaban J connectivity index is 1.94. The summed E-state index contributed by atoms with van der Waals surface area (Å²) in [5.74, 6) is -0.204. The van der Waals surface area contributed by atoms with Crippen LogP contribution >= 0.6 is 22.9 Å². The number of hydrazone groups is 1. The van der Waals surface area contributed by atoms with Gasteiger partial charge in [-0.1, -0.05) is 29.8 Å². The highest BCUT2D eigenvalue weighted by molar-refractivity contribution is 7.12. The molecule has 0 aliphatic heterocycles. The molecule has 1 aromatic carbocycles. The maximum absolute atomic E-state index is 11.5. The quantitative estimate of drug-likeness (QED) is 0.671. The zero-order chi connectivity index (χ0) is 12.1. The van der Waals surface area contributed by atoms with Gasteiger partial charge in [0.25, 0.3) is 5.91 Å². The Bertz CT molecular complexity index is 520. The first-order chi connectivity index (χ1) is 8.25. The molecule has 0 unspecified atom stereocenters. The summed E-state index contributed by atoms with van der Waals surface area (Å²) in [6.07, 6.45) is 1.57. The van der Waals surface area contributed by atoms with E-state index in [9.17, 15) is 4.79 Å². The number of hydrogen-bond donors (Lipinski definition) is 1. The Morgan fingerprint density at radius 2 is 2.06 bits per heavy atom. The van der Waals surface area contributed by atoms with Crippen LogP contribution in [0.5, 0.6) is 0 Å². The van der Waals surface area contributed by atoms with Gasteiger partial charge in [-0.25, -0.2) is 5.43 Å². The highest BCUT2D eigenvalue weighted by Gasteiger charge is 2.03. The van der Waals surface area contributed by atoms with E-state index in [2.05, 4.69) is 10.5 Å². The van der Waals surface area contributed by atoms with Gasteiger partial charge in [0, 0.05) is 5.02 Å². The lowest BCUT2D eigenvalue weighted by molar-refractivity contribution is 0.0959. The van der Waals surface area contributed by atoms with E-state index in [0.717, 1.165) is 5.56 Å². The number of nitrogens with one attached hydrogen (secondary N) is 1. The van der Waals surface area contributed by atoms with Crippen molar-refractivity contribution in [2.75, 3.05) is 0 Å². The number of nitrogens with zero attached hydrogens (tertiary/aromatic N) is 1. The summed E-state index contributed by atoms with van der Waals surface area (Å²) >= 11 is 7.13. The molecule has 17 heavy (non-hydrogen) atoms. The van der Waals surface area contributed by atoms with Gasteiger partial charge in [-0.2, -0.15) is 5.10 Å². The largest absolute Gasteiger partial charge is 0.281 e. The Morgan fingerprint density at radius 3 is 2.71 bits per heavy atom. The molecule has 0 saturated heterocycles. The fourth-order valence-electron chi connectivity index (χ4n) is 1.18. The van der Waals surface area contributed by atoms with Crippen molar-refractivity contribution >= 4 is 35.1 Å². The number of halogens is 1. The van der Waals surface area contributed by atoms with Crippen LogP contribution in [-0.4, -0.2) is 12.1 Å². The maximum atomic E-state index is 11.5. The van der Waals surface area contributed by atoms with E-state index in [1.807, 2.05) is 23.6 Å². The number of carbonyl (C=O) groups is 1. The molecule has 5 heteroatoms. The third-order valence-corrected chi connectivity index (χ3v) is 3.12. The molecule has 0 aliphatic carbocycles. The highest BCUT2D eigenvalue weighted by Crippen LogP contribution is 2.08. The number of benzene rings is 1. The molecule has 1 amide bonds. The maximum Gasteiger partial charge on any atom is 0.281 e. The summed E-state index contributed by atoms with van der Waals surface area (Å²) in [6, 6.07) is 10.8. The lowest BCUT2D eigenvalue weighted by atomic mass is 10.2. The van der Waals surface area contributed by atoms with E-state index in [0.29, 0.717) is 9.90 Å². The third kappa shape index (κ3) is 3.41. The molecule has 86 valence electrons. The van der Waals surface area contributed by atoms with Gasteiger partial charge >= 0.3 is 0 Å². The smallest absolute Gasteiger partial charge is 0.266 e. The van der Waals surface area contributed by atoms with Crippen molar-refractivity contribution in [3.05, 3.63) is 57.2 Å². The van der Waals surface area contributed by atoms with E-state index in [1.165, 1.54) is 11.3 Å². The van der Waals surface area contributed by atoms with E-state index in [1.54, 1.807) is 24.4 Å². The number of thiophene rings is 1. The minimum atomic E-state index is -0.204. The van der Waals surface area contributed by atoms with Gasteiger partial charge in [0.1, 0.15) is 0 Å². The van der Waals surface area contributed by atoms with Crippen LogP contribution in [0.25, 0.3) is 0 Å². The predicted molar refractivity (Wildman–Crippen MR) is 70.8 cm³/mol. The summed E-state index contributed by atoms with van der Waals surface area (Å²) in [7, 11) is 0. The molecule has 2 aromatic rings. The minimum absolute atomic E-state index is 0.204. The zero-order valence-corrected chi connectivity index (χ0v) is 10.3. The van der Waals surface area contributed by atoms with Gasteiger partial charge in [-0.15, -0.1) is 11.3 Å². The molecule has 1 aromatic heterocycles. The van der Waals surface area contributed by atoms with Crippen molar-refractivity contribution in [3.8, 4) is 0 Å². The predicted octanol–water partition coefficient (Wildman–Crippen LogP) is 3.17. The second-order valence-electron chi connectivity index (χ2n) is 3.23. The second kappa shape index (κ2) is 5.61. The fraction of sp³-hybridized carbons (Fsp3) is 0. The summed E-state index contributed by atoms with van der Waals surface area (Å²) in [5.41, 5.74) is 3.33. The molecular weight excluding hydrogens is 256 g/mol. The highest BCUT2D eigenvalue weighted by atomic mass is 35.5. The molecule has 0 bridgehead atoms. The molecule has 0 fully saturated rings. The normalized spacial score (nSPS) is 10.6. The molecule has 2 rings (SSSR count). The van der Waals surface area contributed by atoms with Crippen LogP contribution in [0.4, 0.5) is 0 Å². The van der Waals surface area contributed by atoms with Crippen molar-refractivity contribution in [1.29, 1.82) is 0 Å². The number of rotatable bonds is 3. The Morgan fingerprint density at radius 1 is 1.29 bits per heavy atom.